The topological polar surface area (TPSA) is 63.9 Å². The van der Waals surface area contributed by atoms with Crippen LogP contribution in [0.5, 0.6) is 0 Å². The van der Waals surface area contributed by atoms with Gasteiger partial charge in [-0.25, -0.2) is 15.0 Å². The summed E-state index contributed by atoms with van der Waals surface area (Å²) in [6.45, 7) is 7.09. The lowest BCUT2D eigenvalue weighted by molar-refractivity contribution is 0.237. The number of anilines is 1. The number of nitrogens with zero attached hydrogens (tertiary/aromatic N) is 5. The van der Waals surface area contributed by atoms with E-state index in [-0.39, 0.29) is 5.56 Å². The predicted molar refractivity (Wildman–Crippen MR) is 143 cm³/mol. The van der Waals surface area contributed by atoms with Crippen molar-refractivity contribution in [3.8, 4) is 0 Å². The van der Waals surface area contributed by atoms with E-state index in [2.05, 4.69) is 33.7 Å². The standard InChI is InChI=1S/C27H28ClN5OS/c1-3-27(2)11-13-32(14-12-27)22-15-30-23(16-29-22)35-21-10-9-20-24(25(21)28)26(34)33(18-31-20)17-19-7-5-4-6-8-19/h4-10,15-16,18H,3,11-14,17H2,1-2H3. The van der Waals surface area contributed by atoms with Gasteiger partial charge in [0.25, 0.3) is 5.56 Å². The van der Waals surface area contributed by atoms with Crippen LogP contribution in [0.1, 0.15) is 38.7 Å². The largest absolute Gasteiger partial charge is 0.355 e. The van der Waals surface area contributed by atoms with E-state index in [0.717, 1.165) is 34.4 Å². The second kappa shape index (κ2) is 9.99. The molecule has 5 rings (SSSR count). The van der Waals surface area contributed by atoms with Crippen molar-refractivity contribution in [2.24, 2.45) is 5.41 Å². The molecule has 0 bridgehead atoms. The number of piperidine rings is 1. The number of hydrogen-bond acceptors (Lipinski definition) is 6. The van der Waals surface area contributed by atoms with Crippen molar-refractivity contribution in [2.45, 2.75) is 49.6 Å². The minimum atomic E-state index is -0.156. The van der Waals surface area contributed by atoms with E-state index in [0.29, 0.717) is 27.9 Å². The molecular formula is C27H28ClN5OS. The van der Waals surface area contributed by atoms with Gasteiger partial charge < -0.3 is 4.90 Å². The fraction of sp³-hybridized carbons (Fsp3) is 0.333. The quantitative estimate of drug-likeness (QED) is 0.317. The Bertz CT molecular complexity index is 1380. The zero-order valence-corrected chi connectivity index (χ0v) is 21.5. The highest BCUT2D eigenvalue weighted by molar-refractivity contribution is 7.99. The van der Waals surface area contributed by atoms with Crippen LogP contribution >= 0.6 is 23.4 Å². The zero-order valence-electron chi connectivity index (χ0n) is 19.9. The lowest BCUT2D eigenvalue weighted by Crippen LogP contribution is -2.38. The van der Waals surface area contributed by atoms with Crippen molar-refractivity contribution in [3.63, 3.8) is 0 Å². The summed E-state index contributed by atoms with van der Waals surface area (Å²) in [5, 5.41) is 1.55. The van der Waals surface area contributed by atoms with Crippen LogP contribution in [0, 0.1) is 5.41 Å². The summed E-state index contributed by atoms with van der Waals surface area (Å²) in [6, 6.07) is 13.5. The molecule has 1 saturated heterocycles. The van der Waals surface area contributed by atoms with Gasteiger partial charge in [-0.2, -0.15) is 0 Å². The Hall–Kier alpha value is -2.90. The molecule has 0 N–H and O–H groups in total. The Morgan fingerprint density at radius 2 is 1.80 bits per heavy atom. The van der Waals surface area contributed by atoms with Crippen molar-refractivity contribution >= 4 is 40.1 Å². The third-order valence-corrected chi connectivity index (χ3v) is 8.55. The first-order chi connectivity index (χ1) is 17.0. The summed E-state index contributed by atoms with van der Waals surface area (Å²) >= 11 is 8.14. The van der Waals surface area contributed by atoms with Crippen LogP contribution in [-0.2, 0) is 6.54 Å². The van der Waals surface area contributed by atoms with Gasteiger partial charge in [0.15, 0.2) is 0 Å². The van der Waals surface area contributed by atoms with Gasteiger partial charge >= 0.3 is 0 Å². The molecule has 35 heavy (non-hydrogen) atoms. The average Bonchev–Trinajstić information content (AvgIpc) is 2.89. The van der Waals surface area contributed by atoms with Crippen molar-refractivity contribution in [1.29, 1.82) is 0 Å². The van der Waals surface area contributed by atoms with E-state index in [4.69, 9.17) is 11.6 Å². The van der Waals surface area contributed by atoms with E-state index < -0.39 is 0 Å². The molecule has 4 aromatic rings. The van der Waals surface area contributed by atoms with Crippen LogP contribution in [0.25, 0.3) is 10.9 Å². The second-order valence-electron chi connectivity index (χ2n) is 9.40. The van der Waals surface area contributed by atoms with Gasteiger partial charge in [0.2, 0.25) is 0 Å². The van der Waals surface area contributed by atoms with E-state index in [1.54, 1.807) is 17.1 Å². The van der Waals surface area contributed by atoms with Gasteiger partial charge in [0.05, 0.1) is 41.2 Å². The molecular weight excluding hydrogens is 478 g/mol. The van der Waals surface area contributed by atoms with Crippen LogP contribution in [0.3, 0.4) is 0 Å². The molecule has 3 heterocycles. The number of benzene rings is 2. The van der Waals surface area contributed by atoms with Gasteiger partial charge in [-0.1, -0.05) is 74.0 Å². The molecule has 0 aliphatic carbocycles. The maximum Gasteiger partial charge on any atom is 0.263 e. The lowest BCUT2D eigenvalue weighted by atomic mass is 9.78. The van der Waals surface area contributed by atoms with Crippen molar-refractivity contribution < 1.29 is 0 Å². The highest BCUT2D eigenvalue weighted by atomic mass is 35.5. The van der Waals surface area contributed by atoms with Gasteiger partial charge in [-0.15, -0.1) is 0 Å². The summed E-state index contributed by atoms with van der Waals surface area (Å²) in [5.41, 5.74) is 1.89. The normalized spacial score (nSPS) is 15.5. The molecule has 0 saturated carbocycles. The third-order valence-electron chi connectivity index (χ3n) is 7.07. The summed E-state index contributed by atoms with van der Waals surface area (Å²) in [5.74, 6) is 0.908. The number of rotatable bonds is 6. The van der Waals surface area contributed by atoms with Crippen molar-refractivity contribution in [1.82, 2.24) is 19.5 Å². The molecule has 2 aromatic heterocycles. The molecule has 1 fully saturated rings. The van der Waals surface area contributed by atoms with E-state index in [9.17, 15) is 4.79 Å². The molecule has 2 aromatic carbocycles. The molecule has 0 atom stereocenters. The minimum Gasteiger partial charge on any atom is -0.355 e. The Balaban J connectivity index is 1.36. The molecule has 0 radical (unpaired) electrons. The maximum absolute atomic E-state index is 13.2. The van der Waals surface area contributed by atoms with Gasteiger partial charge in [-0.3, -0.25) is 9.36 Å². The third kappa shape index (κ3) is 5.07. The lowest BCUT2D eigenvalue weighted by Gasteiger charge is -2.39. The second-order valence-corrected chi connectivity index (χ2v) is 10.8. The molecule has 0 spiro atoms. The minimum absolute atomic E-state index is 0.156. The fourth-order valence-corrected chi connectivity index (χ4v) is 5.54. The van der Waals surface area contributed by atoms with E-state index in [1.165, 1.54) is 31.0 Å². The highest BCUT2D eigenvalue weighted by Gasteiger charge is 2.28. The molecule has 0 unspecified atom stereocenters. The average molecular weight is 506 g/mol. The summed E-state index contributed by atoms with van der Waals surface area (Å²) in [7, 11) is 0. The number of hydrogen-bond donors (Lipinski definition) is 0. The maximum atomic E-state index is 13.2. The first kappa shape index (κ1) is 23.8. The smallest absolute Gasteiger partial charge is 0.263 e. The number of fused-ring (bicyclic) bond motifs is 1. The highest BCUT2D eigenvalue weighted by Crippen LogP contribution is 2.37. The summed E-state index contributed by atoms with van der Waals surface area (Å²) in [6.07, 6.45) is 8.75. The number of halogens is 1. The summed E-state index contributed by atoms with van der Waals surface area (Å²) in [4.78, 5) is 30.1. The SMILES string of the molecule is CCC1(C)CCN(c2cnc(Sc3ccc4ncn(Cc5ccccc5)c(=O)c4c3Cl)cn2)CC1. The molecule has 180 valence electrons. The van der Waals surface area contributed by atoms with Crippen LogP contribution < -0.4 is 10.5 Å². The molecule has 1 aliphatic heterocycles. The van der Waals surface area contributed by atoms with Crippen molar-refractivity contribution in [3.05, 3.63) is 82.1 Å². The Kier molecular flexibility index (Phi) is 6.80. The molecule has 8 heteroatoms. The van der Waals surface area contributed by atoms with Gasteiger partial charge in [0.1, 0.15) is 10.8 Å². The predicted octanol–water partition coefficient (Wildman–Crippen LogP) is 6.06. The van der Waals surface area contributed by atoms with Gasteiger partial charge in [-0.05, 0) is 36.0 Å². The monoisotopic (exact) mass is 505 g/mol. The van der Waals surface area contributed by atoms with Crippen LogP contribution in [0.4, 0.5) is 5.82 Å². The molecule has 1 aliphatic rings. The molecule has 6 nitrogen and oxygen atoms in total. The molecule has 0 amide bonds. The van der Waals surface area contributed by atoms with E-state index in [1.807, 2.05) is 48.7 Å². The number of aromatic nitrogens is 4. The zero-order chi connectivity index (χ0) is 24.4. The first-order valence-corrected chi connectivity index (χ1v) is 13.1. The van der Waals surface area contributed by atoms with Crippen LogP contribution in [0.15, 0.2) is 75.9 Å². The Labute approximate surface area is 214 Å². The van der Waals surface area contributed by atoms with E-state index >= 15 is 0 Å². The van der Waals surface area contributed by atoms with Crippen molar-refractivity contribution in [2.75, 3.05) is 18.0 Å². The Morgan fingerprint density at radius 1 is 1.03 bits per heavy atom. The Morgan fingerprint density at radius 3 is 2.49 bits per heavy atom. The van der Waals surface area contributed by atoms with Crippen LogP contribution in [-0.4, -0.2) is 32.6 Å². The fourth-order valence-electron chi connectivity index (χ4n) is 4.42. The van der Waals surface area contributed by atoms with Gasteiger partial charge in [0, 0.05) is 18.0 Å². The first-order valence-electron chi connectivity index (χ1n) is 11.9. The summed E-state index contributed by atoms with van der Waals surface area (Å²) < 4.78 is 1.59. The van der Waals surface area contributed by atoms with Crippen LogP contribution in [0.2, 0.25) is 5.02 Å².